The van der Waals surface area contributed by atoms with Crippen LogP contribution in [0.2, 0.25) is 0 Å². The van der Waals surface area contributed by atoms with Crippen LogP contribution in [0.15, 0.2) is 58.1 Å². The van der Waals surface area contributed by atoms with E-state index < -0.39 is 0 Å². The molecule has 0 amide bonds. The van der Waals surface area contributed by atoms with E-state index in [-0.39, 0.29) is 11.6 Å². The van der Waals surface area contributed by atoms with Gasteiger partial charge in [0.15, 0.2) is 0 Å². The van der Waals surface area contributed by atoms with Gasteiger partial charge in [-0.05, 0) is 56.0 Å². The quantitative estimate of drug-likeness (QED) is 0.532. The Kier molecular flexibility index (Phi) is 4.47. The molecule has 0 radical (unpaired) electrons. The van der Waals surface area contributed by atoms with Crippen molar-refractivity contribution in [2.75, 3.05) is 7.11 Å². The zero-order valence-electron chi connectivity index (χ0n) is 16.3. The molecule has 0 fully saturated rings. The highest BCUT2D eigenvalue weighted by Crippen LogP contribution is 2.40. The first-order valence-electron chi connectivity index (χ1n) is 9.08. The Bertz CT molecular complexity index is 1190. The first-order chi connectivity index (χ1) is 13.5. The van der Waals surface area contributed by atoms with Gasteiger partial charge in [-0.3, -0.25) is 9.78 Å². The second-order valence-corrected chi connectivity index (χ2v) is 6.78. The first-order valence-corrected chi connectivity index (χ1v) is 9.08. The van der Waals surface area contributed by atoms with E-state index in [0.29, 0.717) is 11.5 Å². The fraction of sp³-hybridized carbons (Fsp3) is 0.227. The number of hydrogen-bond acceptors (Lipinski definition) is 5. The van der Waals surface area contributed by atoms with E-state index in [1.165, 1.54) is 0 Å². The molecule has 0 N–H and O–H groups in total. The van der Waals surface area contributed by atoms with Gasteiger partial charge in [-0.25, -0.2) is 0 Å². The SMILES string of the molecule is COc1ccc2ccc(=O)n(C(C)c3cccnc3)c2c1-c1c(C)noc1C. The third-order valence-electron chi connectivity index (χ3n) is 5.11. The van der Waals surface area contributed by atoms with Crippen LogP contribution in [0, 0.1) is 13.8 Å². The molecule has 0 aliphatic heterocycles. The average molecular weight is 375 g/mol. The lowest BCUT2D eigenvalue weighted by Crippen LogP contribution is -2.24. The van der Waals surface area contributed by atoms with Gasteiger partial charge in [-0.1, -0.05) is 11.2 Å². The zero-order valence-corrected chi connectivity index (χ0v) is 16.3. The molecule has 3 aromatic heterocycles. The van der Waals surface area contributed by atoms with Crippen LogP contribution in [-0.2, 0) is 0 Å². The van der Waals surface area contributed by atoms with Gasteiger partial charge >= 0.3 is 0 Å². The van der Waals surface area contributed by atoms with E-state index in [4.69, 9.17) is 9.26 Å². The van der Waals surface area contributed by atoms with Crippen molar-refractivity contribution in [1.82, 2.24) is 14.7 Å². The maximum absolute atomic E-state index is 13.0. The Balaban J connectivity index is 2.14. The fourth-order valence-corrected chi connectivity index (χ4v) is 3.74. The summed E-state index contributed by atoms with van der Waals surface area (Å²) in [5, 5.41) is 5.04. The van der Waals surface area contributed by atoms with E-state index in [2.05, 4.69) is 10.1 Å². The lowest BCUT2D eigenvalue weighted by atomic mass is 9.98. The maximum atomic E-state index is 13.0. The predicted octanol–water partition coefficient (Wildman–Crippen LogP) is 4.29. The van der Waals surface area contributed by atoms with Crippen molar-refractivity contribution in [3.63, 3.8) is 0 Å². The van der Waals surface area contributed by atoms with E-state index in [1.54, 1.807) is 30.1 Å². The van der Waals surface area contributed by atoms with E-state index in [0.717, 1.165) is 33.3 Å². The summed E-state index contributed by atoms with van der Waals surface area (Å²) < 4.78 is 12.9. The molecule has 1 unspecified atom stereocenters. The van der Waals surface area contributed by atoms with Crippen molar-refractivity contribution >= 4 is 10.9 Å². The number of fused-ring (bicyclic) bond motifs is 1. The fourth-order valence-electron chi connectivity index (χ4n) is 3.74. The number of aryl methyl sites for hydroxylation is 2. The molecular weight excluding hydrogens is 354 g/mol. The third-order valence-corrected chi connectivity index (χ3v) is 5.11. The predicted molar refractivity (Wildman–Crippen MR) is 108 cm³/mol. The second-order valence-electron chi connectivity index (χ2n) is 6.78. The highest BCUT2D eigenvalue weighted by atomic mass is 16.5. The summed E-state index contributed by atoms with van der Waals surface area (Å²) in [6, 6.07) is 10.9. The number of methoxy groups -OCH3 is 1. The maximum Gasteiger partial charge on any atom is 0.251 e. The minimum atomic E-state index is -0.212. The van der Waals surface area contributed by atoms with Gasteiger partial charge in [0.1, 0.15) is 11.5 Å². The van der Waals surface area contributed by atoms with Crippen LogP contribution < -0.4 is 10.3 Å². The van der Waals surface area contributed by atoms with Gasteiger partial charge in [0.05, 0.1) is 35.5 Å². The van der Waals surface area contributed by atoms with E-state index in [1.807, 2.05) is 51.1 Å². The molecule has 0 saturated carbocycles. The monoisotopic (exact) mass is 375 g/mol. The Morgan fingerprint density at radius 2 is 1.89 bits per heavy atom. The smallest absolute Gasteiger partial charge is 0.251 e. The molecule has 6 nitrogen and oxygen atoms in total. The zero-order chi connectivity index (χ0) is 19.8. The van der Waals surface area contributed by atoms with E-state index >= 15 is 0 Å². The molecule has 0 aliphatic rings. The van der Waals surface area contributed by atoms with Crippen molar-refractivity contribution in [2.24, 2.45) is 0 Å². The highest BCUT2D eigenvalue weighted by Gasteiger charge is 2.23. The van der Waals surface area contributed by atoms with Gasteiger partial charge in [0.2, 0.25) is 0 Å². The molecule has 0 spiro atoms. The molecule has 4 aromatic rings. The summed E-state index contributed by atoms with van der Waals surface area (Å²) in [6.45, 7) is 5.75. The number of nitrogens with zero attached hydrogens (tertiary/aromatic N) is 3. The van der Waals surface area contributed by atoms with Gasteiger partial charge < -0.3 is 13.8 Å². The van der Waals surface area contributed by atoms with Crippen LogP contribution in [0.5, 0.6) is 5.75 Å². The normalized spacial score (nSPS) is 12.3. The number of pyridine rings is 2. The van der Waals surface area contributed by atoms with Gasteiger partial charge in [-0.2, -0.15) is 0 Å². The van der Waals surface area contributed by atoms with Crippen molar-refractivity contribution in [1.29, 1.82) is 0 Å². The van der Waals surface area contributed by atoms with Crippen molar-refractivity contribution < 1.29 is 9.26 Å². The molecule has 3 heterocycles. The van der Waals surface area contributed by atoms with Gasteiger partial charge in [-0.15, -0.1) is 0 Å². The molecule has 0 saturated heterocycles. The number of aromatic nitrogens is 3. The number of benzene rings is 1. The Hall–Kier alpha value is -3.41. The van der Waals surface area contributed by atoms with Crippen LogP contribution in [0.4, 0.5) is 0 Å². The lowest BCUT2D eigenvalue weighted by Gasteiger charge is -2.21. The van der Waals surface area contributed by atoms with Crippen LogP contribution >= 0.6 is 0 Å². The summed E-state index contributed by atoms with van der Waals surface area (Å²) in [4.78, 5) is 17.2. The van der Waals surface area contributed by atoms with Gasteiger partial charge in [0.25, 0.3) is 5.56 Å². The molecule has 1 atom stereocenters. The average Bonchev–Trinajstić information content (AvgIpc) is 3.05. The molecule has 6 heteroatoms. The van der Waals surface area contributed by atoms with Crippen LogP contribution in [-0.4, -0.2) is 21.8 Å². The molecule has 28 heavy (non-hydrogen) atoms. The molecule has 0 bridgehead atoms. The topological polar surface area (TPSA) is 70.2 Å². The Morgan fingerprint density at radius 1 is 1.11 bits per heavy atom. The minimum absolute atomic E-state index is 0.0925. The first kappa shape index (κ1) is 18.0. The largest absolute Gasteiger partial charge is 0.496 e. The third kappa shape index (κ3) is 2.78. The molecule has 0 aliphatic carbocycles. The second kappa shape index (κ2) is 6.96. The summed E-state index contributed by atoms with van der Waals surface area (Å²) in [5.74, 6) is 1.35. The summed E-state index contributed by atoms with van der Waals surface area (Å²) in [7, 11) is 1.62. The van der Waals surface area contributed by atoms with Crippen LogP contribution in [0.25, 0.3) is 22.0 Å². The van der Waals surface area contributed by atoms with Gasteiger partial charge in [0, 0.05) is 18.5 Å². The standard InChI is InChI=1S/C22H21N3O3/c1-13-20(15(3)28-24-13)21-18(27-4)9-7-16-8-10-19(26)25(22(16)21)14(2)17-6-5-11-23-12-17/h5-12,14H,1-4H3. The molecule has 1 aromatic carbocycles. The number of ether oxygens (including phenoxy) is 1. The summed E-state index contributed by atoms with van der Waals surface area (Å²) >= 11 is 0. The van der Waals surface area contributed by atoms with Crippen molar-refractivity contribution in [3.05, 3.63) is 76.2 Å². The van der Waals surface area contributed by atoms with Crippen molar-refractivity contribution in [2.45, 2.75) is 26.8 Å². The molecule has 4 rings (SSSR count). The molecule has 142 valence electrons. The van der Waals surface area contributed by atoms with Crippen LogP contribution in [0.3, 0.4) is 0 Å². The minimum Gasteiger partial charge on any atom is -0.496 e. The number of hydrogen-bond donors (Lipinski definition) is 0. The van der Waals surface area contributed by atoms with Crippen molar-refractivity contribution in [3.8, 4) is 16.9 Å². The van der Waals surface area contributed by atoms with Crippen LogP contribution in [0.1, 0.15) is 30.0 Å². The highest BCUT2D eigenvalue weighted by molar-refractivity contribution is 5.98. The van der Waals surface area contributed by atoms with E-state index in [9.17, 15) is 4.79 Å². The molecular formula is C22H21N3O3. The Morgan fingerprint density at radius 3 is 2.54 bits per heavy atom. The summed E-state index contributed by atoms with van der Waals surface area (Å²) in [6.07, 6.45) is 3.51. The number of rotatable bonds is 4. The summed E-state index contributed by atoms with van der Waals surface area (Å²) in [5.41, 5.74) is 4.05. The Labute approximate surface area is 162 Å². The lowest BCUT2D eigenvalue weighted by molar-refractivity contribution is 0.393.